The number of H-pyrrole nitrogens is 1. The molecule has 3 aromatic rings. The van der Waals surface area contributed by atoms with Crippen LogP contribution in [0.1, 0.15) is 35.0 Å². The quantitative estimate of drug-likeness (QED) is 0.777. The van der Waals surface area contributed by atoms with E-state index in [1.54, 1.807) is 6.33 Å². The Morgan fingerprint density at radius 2 is 2.32 bits per heavy atom. The fourth-order valence-electron chi connectivity index (χ4n) is 3.14. The highest BCUT2D eigenvalue weighted by Crippen LogP contribution is 2.39. The Balaban J connectivity index is 1.70. The molecule has 4 rings (SSSR count). The van der Waals surface area contributed by atoms with E-state index < -0.39 is 0 Å². The van der Waals surface area contributed by atoms with Crippen LogP contribution >= 0.6 is 11.3 Å². The van der Waals surface area contributed by atoms with Gasteiger partial charge in [-0.2, -0.15) is 5.10 Å². The van der Waals surface area contributed by atoms with Crippen LogP contribution in [0.4, 0.5) is 5.82 Å². The fraction of sp³-hybridized carbons (Fsp3) is 0.438. The van der Waals surface area contributed by atoms with Crippen molar-refractivity contribution in [2.75, 3.05) is 5.32 Å². The van der Waals surface area contributed by atoms with Gasteiger partial charge in [-0.3, -0.25) is 5.10 Å². The molecular weight excluding hydrogens is 294 g/mol. The van der Waals surface area contributed by atoms with Crippen LogP contribution in [0.2, 0.25) is 0 Å². The van der Waals surface area contributed by atoms with Gasteiger partial charge in [0.25, 0.3) is 0 Å². The molecule has 0 spiro atoms. The van der Waals surface area contributed by atoms with E-state index in [0.29, 0.717) is 0 Å². The largest absolute Gasteiger partial charge is 0.365 e. The van der Waals surface area contributed by atoms with Crippen molar-refractivity contribution in [1.82, 2.24) is 20.2 Å². The van der Waals surface area contributed by atoms with E-state index >= 15 is 0 Å². The normalized spacial score (nSPS) is 17.6. The van der Waals surface area contributed by atoms with Crippen LogP contribution in [-0.2, 0) is 19.4 Å². The number of anilines is 1. The molecule has 5 nitrogen and oxygen atoms in total. The molecule has 0 bridgehead atoms. The van der Waals surface area contributed by atoms with Crippen molar-refractivity contribution < 1.29 is 0 Å². The molecule has 3 heterocycles. The summed E-state index contributed by atoms with van der Waals surface area (Å²) in [6.45, 7) is 5.10. The Kier molecular flexibility index (Phi) is 3.33. The average molecular weight is 313 g/mol. The zero-order chi connectivity index (χ0) is 15.1. The molecule has 0 saturated heterocycles. The second-order valence-electron chi connectivity index (χ2n) is 6.13. The van der Waals surface area contributed by atoms with Crippen molar-refractivity contribution in [3.63, 3.8) is 0 Å². The van der Waals surface area contributed by atoms with Gasteiger partial charge in [0.05, 0.1) is 11.6 Å². The highest BCUT2D eigenvalue weighted by molar-refractivity contribution is 7.19. The van der Waals surface area contributed by atoms with Gasteiger partial charge in [-0.15, -0.1) is 11.3 Å². The van der Waals surface area contributed by atoms with Gasteiger partial charge in [0.2, 0.25) is 0 Å². The molecule has 1 aliphatic carbocycles. The maximum absolute atomic E-state index is 4.49. The van der Waals surface area contributed by atoms with Crippen LogP contribution in [0.25, 0.3) is 10.2 Å². The van der Waals surface area contributed by atoms with Crippen LogP contribution in [-0.4, -0.2) is 20.2 Å². The van der Waals surface area contributed by atoms with E-state index in [0.717, 1.165) is 35.2 Å². The summed E-state index contributed by atoms with van der Waals surface area (Å²) in [4.78, 5) is 11.6. The van der Waals surface area contributed by atoms with E-state index in [1.165, 1.54) is 34.2 Å². The van der Waals surface area contributed by atoms with E-state index in [2.05, 4.69) is 32.4 Å². The monoisotopic (exact) mass is 313 g/mol. The molecule has 0 amide bonds. The van der Waals surface area contributed by atoms with Gasteiger partial charge in [0.1, 0.15) is 17.0 Å². The van der Waals surface area contributed by atoms with Crippen LogP contribution in [0, 0.1) is 12.8 Å². The smallest absolute Gasteiger partial charge is 0.138 e. The molecular formula is C16H19N5S. The summed E-state index contributed by atoms with van der Waals surface area (Å²) in [6, 6.07) is 0. The maximum atomic E-state index is 4.49. The lowest BCUT2D eigenvalue weighted by Crippen LogP contribution is -2.09. The number of nitrogens with one attached hydrogen (secondary N) is 2. The van der Waals surface area contributed by atoms with Crippen molar-refractivity contribution in [3.05, 3.63) is 34.2 Å². The third-order valence-corrected chi connectivity index (χ3v) is 5.63. The zero-order valence-corrected chi connectivity index (χ0v) is 13.6. The van der Waals surface area contributed by atoms with Crippen LogP contribution < -0.4 is 5.32 Å². The Labute approximate surface area is 133 Å². The third kappa shape index (κ3) is 2.27. The standard InChI is InChI=1S/C16H19N5S/c1-9-3-4-12-13(5-9)22-16-14(12)15(18-8-19-16)17-6-11-7-20-21-10(11)2/h7-9H,3-6H2,1-2H3,(H,20,21)(H,17,18,19)/t9-/m1/s1. The van der Waals surface area contributed by atoms with Gasteiger partial charge in [-0.1, -0.05) is 6.92 Å². The number of nitrogens with zero attached hydrogens (tertiary/aromatic N) is 3. The molecule has 0 aromatic carbocycles. The maximum Gasteiger partial charge on any atom is 0.138 e. The third-order valence-electron chi connectivity index (χ3n) is 4.47. The van der Waals surface area contributed by atoms with Gasteiger partial charge in [0.15, 0.2) is 0 Å². The predicted molar refractivity (Wildman–Crippen MR) is 89.3 cm³/mol. The number of hydrogen-bond acceptors (Lipinski definition) is 5. The Hall–Kier alpha value is -1.95. The predicted octanol–water partition coefficient (Wildman–Crippen LogP) is 3.46. The first-order valence-electron chi connectivity index (χ1n) is 7.70. The Morgan fingerprint density at radius 1 is 1.41 bits per heavy atom. The summed E-state index contributed by atoms with van der Waals surface area (Å²) in [5.41, 5.74) is 3.73. The number of thiophene rings is 1. The van der Waals surface area contributed by atoms with Crippen LogP contribution in [0.15, 0.2) is 12.5 Å². The molecule has 0 fully saturated rings. The summed E-state index contributed by atoms with van der Waals surface area (Å²) >= 11 is 1.83. The van der Waals surface area contributed by atoms with Gasteiger partial charge < -0.3 is 5.32 Å². The number of hydrogen-bond donors (Lipinski definition) is 2. The first-order valence-corrected chi connectivity index (χ1v) is 8.52. The molecule has 0 saturated carbocycles. The lowest BCUT2D eigenvalue weighted by Gasteiger charge is -2.18. The van der Waals surface area contributed by atoms with E-state index in [9.17, 15) is 0 Å². The summed E-state index contributed by atoms with van der Waals surface area (Å²) < 4.78 is 0. The minimum absolute atomic E-state index is 0.732. The summed E-state index contributed by atoms with van der Waals surface area (Å²) in [5, 5.41) is 11.7. The van der Waals surface area contributed by atoms with E-state index in [1.807, 2.05) is 24.5 Å². The highest BCUT2D eigenvalue weighted by Gasteiger charge is 2.23. The molecule has 2 N–H and O–H groups in total. The van der Waals surface area contributed by atoms with Crippen LogP contribution in [0.5, 0.6) is 0 Å². The first kappa shape index (κ1) is 13.7. The van der Waals surface area contributed by atoms with E-state index in [-0.39, 0.29) is 0 Å². The number of aryl methyl sites for hydroxylation is 2. The van der Waals surface area contributed by atoms with Crippen LogP contribution in [0.3, 0.4) is 0 Å². The lowest BCUT2D eigenvalue weighted by molar-refractivity contribution is 0.509. The fourth-order valence-corrected chi connectivity index (χ4v) is 4.49. The molecule has 6 heteroatoms. The van der Waals surface area contributed by atoms with Crippen molar-refractivity contribution in [3.8, 4) is 0 Å². The Bertz CT molecular complexity index is 819. The van der Waals surface area contributed by atoms with Crippen molar-refractivity contribution in [1.29, 1.82) is 0 Å². The van der Waals surface area contributed by atoms with E-state index in [4.69, 9.17) is 0 Å². The first-order chi connectivity index (χ1) is 10.7. The molecule has 0 aliphatic heterocycles. The molecule has 22 heavy (non-hydrogen) atoms. The van der Waals surface area contributed by atoms with Crippen molar-refractivity contribution >= 4 is 27.4 Å². The molecule has 114 valence electrons. The second-order valence-corrected chi connectivity index (χ2v) is 7.21. The summed E-state index contributed by atoms with van der Waals surface area (Å²) in [5.74, 6) is 1.73. The zero-order valence-electron chi connectivity index (χ0n) is 12.8. The van der Waals surface area contributed by atoms with Crippen molar-refractivity contribution in [2.45, 2.75) is 39.7 Å². The van der Waals surface area contributed by atoms with Crippen molar-refractivity contribution in [2.24, 2.45) is 5.92 Å². The number of aromatic amines is 1. The molecule has 0 radical (unpaired) electrons. The SMILES string of the molecule is Cc1[nH]ncc1CNc1ncnc2sc3c(c12)CC[C@@H](C)C3. The topological polar surface area (TPSA) is 66.5 Å². The number of rotatable bonds is 3. The van der Waals surface area contributed by atoms with Gasteiger partial charge in [-0.25, -0.2) is 9.97 Å². The highest BCUT2D eigenvalue weighted by atomic mass is 32.1. The number of aromatic nitrogens is 4. The minimum atomic E-state index is 0.732. The lowest BCUT2D eigenvalue weighted by atomic mass is 9.89. The van der Waals surface area contributed by atoms with Gasteiger partial charge in [-0.05, 0) is 37.7 Å². The van der Waals surface area contributed by atoms with Gasteiger partial charge >= 0.3 is 0 Å². The minimum Gasteiger partial charge on any atom is -0.365 e. The van der Waals surface area contributed by atoms with Gasteiger partial charge in [0, 0.05) is 22.7 Å². The molecule has 1 atom stereocenters. The average Bonchev–Trinajstić information content (AvgIpc) is 3.07. The number of fused-ring (bicyclic) bond motifs is 3. The summed E-state index contributed by atoms with van der Waals surface area (Å²) in [6.07, 6.45) is 7.11. The second kappa shape index (κ2) is 5.35. The Morgan fingerprint density at radius 3 is 3.14 bits per heavy atom. The molecule has 0 unspecified atom stereocenters. The molecule has 3 aromatic heterocycles. The summed E-state index contributed by atoms with van der Waals surface area (Å²) in [7, 11) is 0. The molecule has 1 aliphatic rings.